The molecule has 1 nitrogen and oxygen atoms in total. The number of fused-ring (bicyclic) bond motifs is 3. The van der Waals surface area contributed by atoms with Crippen LogP contribution in [0.3, 0.4) is 0 Å². The van der Waals surface area contributed by atoms with Gasteiger partial charge in [-0.1, -0.05) is 238 Å². The van der Waals surface area contributed by atoms with Gasteiger partial charge in [0.2, 0.25) is 0 Å². The Balaban J connectivity index is 1.13. The lowest BCUT2D eigenvalue weighted by Gasteiger charge is -2.38. The highest BCUT2D eigenvalue weighted by Crippen LogP contribution is 2.56. The first-order valence-electron chi connectivity index (χ1n) is 23.0. The standard InChI is InChI=1S/C65H57NS/c1-6-25-58-48(4)56-34-22-23-39-62(56)65(47-67-64(58)8-3)61(26-7-2)49(5)57-35-19-18-28-50(27-12-9-17-38-63(57)65)40-41-54(60-37-21-20-36-59(60)53-31-15-11-16-32-53)33-24-46-66-55-44-42-52(43-45-55)51-29-13-10-14-30-51/h6-46,66H,3-4,47H2,1-2,5H3/b12-9+,17-9?,19-18?,25-6-,26-7-,27-12?,28-18-,35-19-,38-17+,41-40-,46-24+,50-27+,50-28?,54-33+,57-35?,63-38?,64-58-. The number of benzene rings is 5. The molecule has 0 fully saturated rings. The maximum absolute atomic E-state index is 4.70. The third-order valence-corrected chi connectivity index (χ3v) is 13.7. The molecule has 5 aromatic rings. The zero-order valence-electron chi connectivity index (χ0n) is 38.7. The van der Waals surface area contributed by atoms with Crippen molar-refractivity contribution in [3.05, 3.63) is 317 Å². The lowest BCUT2D eigenvalue weighted by atomic mass is 9.69. The van der Waals surface area contributed by atoms with Crippen molar-refractivity contribution < 1.29 is 0 Å². The molecule has 1 heterocycles. The van der Waals surface area contributed by atoms with E-state index in [1.807, 2.05) is 30.1 Å². The van der Waals surface area contributed by atoms with E-state index in [0.29, 0.717) is 0 Å². The summed E-state index contributed by atoms with van der Waals surface area (Å²) in [5.41, 5.74) is 18.3. The van der Waals surface area contributed by atoms with E-state index in [1.165, 1.54) is 50.1 Å². The Morgan fingerprint density at radius 2 is 1.31 bits per heavy atom. The second kappa shape index (κ2) is 22.0. The molecule has 5 aromatic carbocycles. The molecule has 2 heteroatoms. The molecule has 3 aliphatic rings. The second-order valence-electron chi connectivity index (χ2n) is 16.5. The summed E-state index contributed by atoms with van der Waals surface area (Å²) in [6, 6.07) is 47.1. The van der Waals surface area contributed by atoms with Crippen molar-refractivity contribution >= 4 is 28.6 Å². The molecule has 0 bridgehead atoms. The molecular formula is C65H57NS. The minimum absolute atomic E-state index is 0.423. The predicted octanol–water partition coefficient (Wildman–Crippen LogP) is 17.7. The molecule has 67 heavy (non-hydrogen) atoms. The first kappa shape index (κ1) is 45.9. The average molecular weight is 884 g/mol. The smallest absolute Gasteiger partial charge is 0.0559 e. The molecule has 1 spiro atoms. The van der Waals surface area contributed by atoms with Crippen molar-refractivity contribution in [1.82, 2.24) is 0 Å². The monoisotopic (exact) mass is 883 g/mol. The van der Waals surface area contributed by atoms with Crippen LogP contribution in [0.15, 0.2) is 301 Å². The number of anilines is 1. The Labute approximate surface area is 403 Å². The van der Waals surface area contributed by atoms with Crippen molar-refractivity contribution in [2.45, 2.75) is 26.2 Å². The number of allylic oxidation sites excluding steroid dienone is 26. The summed E-state index contributed by atoms with van der Waals surface area (Å²) in [7, 11) is 0. The van der Waals surface area contributed by atoms with Crippen LogP contribution in [0, 0.1) is 0 Å². The van der Waals surface area contributed by atoms with Crippen LogP contribution in [0.1, 0.15) is 37.5 Å². The SMILES string of the molecule is C=C/C1=C(\C=C/C)C(=C)c2ccccc2C2(CS1)C(/C=C\C)=C(C)C1=C2/C=C/C=C/C=C(/C=C\C(=C/C=C/Nc2ccc(-c3ccccc3)cc2)c2ccccc2-c2ccccc2)\C=C/C=C\1. The highest BCUT2D eigenvalue weighted by molar-refractivity contribution is 8.03. The molecule has 1 unspecified atom stereocenters. The van der Waals surface area contributed by atoms with Crippen molar-refractivity contribution in [3.8, 4) is 22.3 Å². The number of nitrogens with one attached hydrogen (secondary N) is 1. The molecule has 1 aliphatic heterocycles. The van der Waals surface area contributed by atoms with E-state index in [0.717, 1.165) is 49.8 Å². The topological polar surface area (TPSA) is 12.0 Å². The van der Waals surface area contributed by atoms with E-state index in [4.69, 9.17) is 6.58 Å². The lowest BCUT2D eigenvalue weighted by molar-refractivity contribution is 0.711. The van der Waals surface area contributed by atoms with E-state index < -0.39 is 5.41 Å². The van der Waals surface area contributed by atoms with Crippen LogP contribution in [0.25, 0.3) is 33.4 Å². The van der Waals surface area contributed by atoms with Crippen LogP contribution >= 0.6 is 11.8 Å². The van der Waals surface area contributed by atoms with Gasteiger partial charge in [0.1, 0.15) is 0 Å². The summed E-state index contributed by atoms with van der Waals surface area (Å²) in [5.74, 6) is 0.818. The quantitative estimate of drug-likeness (QED) is 0.133. The number of thioether (sulfide) groups is 1. The molecule has 8 rings (SSSR count). The van der Waals surface area contributed by atoms with Gasteiger partial charge in [-0.25, -0.2) is 0 Å². The van der Waals surface area contributed by atoms with Gasteiger partial charge in [0.05, 0.1) is 5.41 Å². The van der Waals surface area contributed by atoms with Crippen LogP contribution in [-0.4, -0.2) is 5.75 Å². The van der Waals surface area contributed by atoms with Crippen LogP contribution in [0.2, 0.25) is 0 Å². The highest BCUT2D eigenvalue weighted by atomic mass is 32.2. The Morgan fingerprint density at radius 1 is 0.657 bits per heavy atom. The van der Waals surface area contributed by atoms with Crippen LogP contribution < -0.4 is 5.32 Å². The van der Waals surface area contributed by atoms with E-state index in [1.54, 1.807) is 0 Å². The van der Waals surface area contributed by atoms with E-state index >= 15 is 0 Å². The minimum atomic E-state index is -0.423. The molecule has 328 valence electrons. The molecule has 1 atom stereocenters. The zero-order valence-corrected chi connectivity index (χ0v) is 39.5. The van der Waals surface area contributed by atoms with Crippen LogP contribution in [0.4, 0.5) is 5.69 Å². The molecular weight excluding hydrogens is 827 g/mol. The van der Waals surface area contributed by atoms with Gasteiger partial charge in [0, 0.05) is 22.5 Å². The fraction of sp³-hybridized carbons (Fsp3) is 0.0769. The molecule has 0 radical (unpaired) electrons. The van der Waals surface area contributed by atoms with Gasteiger partial charge in [0.15, 0.2) is 0 Å². The van der Waals surface area contributed by atoms with Gasteiger partial charge < -0.3 is 5.32 Å². The second-order valence-corrected chi connectivity index (χ2v) is 17.5. The van der Waals surface area contributed by atoms with Crippen LogP contribution in [-0.2, 0) is 5.41 Å². The Kier molecular flexibility index (Phi) is 15.1. The Hall–Kier alpha value is -7.65. The largest absolute Gasteiger partial charge is 0.362 e. The van der Waals surface area contributed by atoms with Gasteiger partial charge in [-0.3, -0.25) is 0 Å². The van der Waals surface area contributed by atoms with Crippen molar-refractivity contribution in [2.24, 2.45) is 0 Å². The lowest BCUT2D eigenvalue weighted by Crippen LogP contribution is -2.33. The fourth-order valence-corrected chi connectivity index (χ4v) is 10.5. The third-order valence-electron chi connectivity index (χ3n) is 12.4. The average Bonchev–Trinajstić information content (AvgIpc) is 3.59. The Morgan fingerprint density at radius 3 is 2.06 bits per heavy atom. The van der Waals surface area contributed by atoms with Gasteiger partial charge in [0.25, 0.3) is 0 Å². The summed E-state index contributed by atoms with van der Waals surface area (Å²) in [5, 5.41) is 3.47. The van der Waals surface area contributed by atoms with Gasteiger partial charge in [-0.05, 0) is 123 Å². The van der Waals surface area contributed by atoms with Gasteiger partial charge >= 0.3 is 0 Å². The first-order valence-corrected chi connectivity index (χ1v) is 24.0. The molecule has 0 saturated carbocycles. The summed E-state index contributed by atoms with van der Waals surface area (Å²) in [6.45, 7) is 15.4. The number of hydrogen-bond acceptors (Lipinski definition) is 2. The molecule has 2 aliphatic carbocycles. The first-order chi connectivity index (χ1) is 33.0. The van der Waals surface area contributed by atoms with Gasteiger partial charge in [-0.15, -0.1) is 11.8 Å². The summed E-state index contributed by atoms with van der Waals surface area (Å²) >= 11 is 1.86. The summed E-state index contributed by atoms with van der Waals surface area (Å²) in [4.78, 5) is 1.14. The van der Waals surface area contributed by atoms with E-state index in [-0.39, 0.29) is 0 Å². The normalized spacial score (nSPS) is 21.7. The summed E-state index contributed by atoms with van der Waals surface area (Å²) < 4.78 is 0. The molecule has 0 aromatic heterocycles. The predicted molar refractivity (Wildman–Crippen MR) is 294 cm³/mol. The third kappa shape index (κ3) is 10.1. The minimum Gasteiger partial charge on any atom is -0.362 e. The maximum Gasteiger partial charge on any atom is 0.0559 e. The fourth-order valence-electron chi connectivity index (χ4n) is 9.22. The zero-order chi connectivity index (χ0) is 46.4. The molecule has 0 amide bonds. The number of hydrogen-bond donors (Lipinski definition) is 1. The maximum atomic E-state index is 4.70. The number of rotatable bonds is 11. The van der Waals surface area contributed by atoms with E-state index in [9.17, 15) is 0 Å². The Bertz CT molecular complexity index is 3050. The van der Waals surface area contributed by atoms with Gasteiger partial charge in [-0.2, -0.15) is 0 Å². The van der Waals surface area contributed by atoms with Crippen molar-refractivity contribution in [2.75, 3.05) is 11.1 Å². The molecule has 1 N–H and O–H groups in total. The highest BCUT2D eigenvalue weighted by Gasteiger charge is 2.46. The summed E-state index contributed by atoms with van der Waals surface area (Å²) in [6.07, 6.45) is 41.3. The van der Waals surface area contributed by atoms with E-state index in [2.05, 4.69) is 263 Å². The van der Waals surface area contributed by atoms with Crippen LogP contribution in [0.5, 0.6) is 0 Å². The molecule has 0 saturated heterocycles. The van der Waals surface area contributed by atoms with Crippen molar-refractivity contribution in [3.63, 3.8) is 0 Å². The van der Waals surface area contributed by atoms with Crippen molar-refractivity contribution in [1.29, 1.82) is 0 Å².